The highest BCUT2D eigenvalue weighted by atomic mass is 79.9. The van der Waals surface area contributed by atoms with Crippen molar-refractivity contribution in [1.29, 1.82) is 0 Å². The van der Waals surface area contributed by atoms with Crippen molar-refractivity contribution >= 4 is 42.5 Å². The topological polar surface area (TPSA) is 113 Å². The standard InChI is InChI=1S/C22H23BrN8O2S/c1-29-11-14(9-25-29)19-8-16-20(10-24-19)27-28-21(16)18-3-2-17(23)22(26-18)31-12-15(13-31)30-4-6-34(32,33)7-5-30/h2-3,8-11,15H,4-7,12-13H2,1H3,(H,27,28). The normalized spacial score (nSPS) is 18.9. The van der Waals surface area contributed by atoms with Crippen LogP contribution in [0.25, 0.3) is 33.5 Å². The van der Waals surface area contributed by atoms with Gasteiger partial charge in [-0.05, 0) is 34.1 Å². The van der Waals surface area contributed by atoms with E-state index in [0.717, 1.165) is 56.9 Å². The summed E-state index contributed by atoms with van der Waals surface area (Å²) >= 11 is 3.65. The van der Waals surface area contributed by atoms with E-state index in [-0.39, 0.29) is 11.5 Å². The fourth-order valence-electron chi connectivity index (χ4n) is 4.56. The summed E-state index contributed by atoms with van der Waals surface area (Å²) in [5.74, 6) is 1.38. The van der Waals surface area contributed by atoms with E-state index in [1.54, 1.807) is 17.1 Å². The van der Waals surface area contributed by atoms with Gasteiger partial charge in [0, 0.05) is 56.4 Å². The first-order chi connectivity index (χ1) is 16.4. The largest absolute Gasteiger partial charge is 0.352 e. The number of nitrogens with zero attached hydrogens (tertiary/aromatic N) is 7. The van der Waals surface area contributed by atoms with Crippen LogP contribution in [0.15, 0.2) is 41.3 Å². The number of H-pyrrole nitrogens is 1. The molecular formula is C22H23BrN8O2S. The Bertz CT molecular complexity index is 1480. The molecule has 6 heterocycles. The second-order valence-electron chi connectivity index (χ2n) is 8.84. The molecular weight excluding hydrogens is 520 g/mol. The fraction of sp³-hybridized carbons (Fsp3) is 0.364. The van der Waals surface area contributed by atoms with Gasteiger partial charge in [-0.1, -0.05) is 0 Å². The number of anilines is 1. The van der Waals surface area contributed by atoms with Crippen LogP contribution in [0.5, 0.6) is 0 Å². The Hall–Kier alpha value is -2.83. The number of fused-ring (bicyclic) bond motifs is 1. The zero-order valence-electron chi connectivity index (χ0n) is 18.5. The van der Waals surface area contributed by atoms with Crippen molar-refractivity contribution in [3.63, 3.8) is 0 Å². The van der Waals surface area contributed by atoms with Crippen molar-refractivity contribution < 1.29 is 8.42 Å². The number of hydrogen-bond donors (Lipinski definition) is 1. The van der Waals surface area contributed by atoms with Crippen LogP contribution in [0, 0.1) is 0 Å². The second-order valence-corrected chi connectivity index (χ2v) is 12.0. The molecule has 12 heteroatoms. The molecule has 0 atom stereocenters. The molecule has 0 aromatic carbocycles. The van der Waals surface area contributed by atoms with Gasteiger partial charge in [0.25, 0.3) is 0 Å². The summed E-state index contributed by atoms with van der Waals surface area (Å²) in [6.45, 7) is 2.88. The molecule has 34 heavy (non-hydrogen) atoms. The van der Waals surface area contributed by atoms with Crippen LogP contribution < -0.4 is 4.90 Å². The predicted octanol–water partition coefficient (Wildman–Crippen LogP) is 2.10. The molecule has 176 valence electrons. The van der Waals surface area contributed by atoms with Gasteiger partial charge in [0.05, 0.1) is 45.3 Å². The van der Waals surface area contributed by atoms with Gasteiger partial charge in [0.15, 0.2) is 9.84 Å². The van der Waals surface area contributed by atoms with Gasteiger partial charge >= 0.3 is 0 Å². The Labute approximate surface area is 205 Å². The first kappa shape index (κ1) is 21.7. The summed E-state index contributed by atoms with van der Waals surface area (Å²) in [5, 5.41) is 12.8. The molecule has 0 radical (unpaired) electrons. The first-order valence-corrected chi connectivity index (χ1v) is 13.7. The minimum absolute atomic E-state index is 0.253. The molecule has 0 spiro atoms. The quantitative estimate of drug-likeness (QED) is 0.417. The first-order valence-electron chi connectivity index (χ1n) is 11.1. The molecule has 10 nitrogen and oxygen atoms in total. The van der Waals surface area contributed by atoms with E-state index in [4.69, 9.17) is 4.98 Å². The molecule has 4 aromatic rings. The number of halogens is 1. The number of aromatic nitrogens is 6. The van der Waals surface area contributed by atoms with Crippen LogP contribution in [-0.2, 0) is 16.9 Å². The lowest BCUT2D eigenvalue weighted by molar-refractivity contribution is 0.179. The molecule has 0 amide bonds. The number of rotatable bonds is 4. The fourth-order valence-corrected chi connectivity index (χ4v) is 6.26. The molecule has 1 N–H and O–H groups in total. The van der Waals surface area contributed by atoms with Crippen LogP contribution in [0.4, 0.5) is 5.82 Å². The number of pyridine rings is 2. The van der Waals surface area contributed by atoms with E-state index in [1.807, 2.05) is 31.4 Å². The molecule has 0 bridgehead atoms. The van der Waals surface area contributed by atoms with Crippen LogP contribution >= 0.6 is 15.9 Å². The highest BCUT2D eigenvalue weighted by Crippen LogP contribution is 2.34. The van der Waals surface area contributed by atoms with Crippen LogP contribution in [0.1, 0.15) is 0 Å². The second kappa shape index (κ2) is 8.14. The maximum Gasteiger partial charge on any atom is 0.152 e. The molecule has 0 unspecified atom stereocenters. The van der Waals surface area contributed by atoms with Crippen molar-refractivity contribution in [3.8, 4) is 22.6 Å². The van der Waals surface area contributed by atoms with Crippen molar-refractivity contribution in [1.82, 2.24) is 34.8 Å². The SMILES string of the molecule is Cn1cc(-c2cc3c(-c4ccc(Br)c(N5CC(N6CCS(=O)(=O)CC6)C5)n4)n[nH]c3cn2)cn1. The van der Waals surface area contributed by atoms with E-state index in [9.17, 15) is 8.42 Å². The van der Waals surface area contributed by atoms with Gasteiger partial charge in [0.2, 0.25) is 0 Å². The van der Waals surface area contributed by atoms with Crippen LogP contribution in [0.2, 0.25) is 0 Å². The summed E-state index contributed by atoms with van der Waals surface area (Å²) in [7, 11) is -0.987. The molecule has 0 aliphatic carbocycles. The Morgan fingerprint density at radius 1 is 1.12 bits per heavy atom. The lowest BCUT2D eigenvalue weighted by atomic mass is 10.1. The van der Waals surface area contributed by atoms with E-state index in [0.29, 0.717) is 19.1 Å². The van der Waals surface area contributed by atoms with Gasteiger partial charge in [-0.25, -0.2) is 13.4 Å². The highest BCUT2D eigenvalue weighted by molar-refractivity contribution is 9.10. The average Bonchev–Trinajstić information content (AvgIpc) is 3.41. The van der Waals surface area contributed by atoms with Crippen molar-refractivity contribution in [2.75, 3.05) is 42.6 Å². The van der Waals surface area contributed by atoms with Gasteiger partial charge in [0.1, 0.15) is 11.5 Å². The number of hydrogen-bond acceptors (Lipinski definition) is 8. The maximum absolute atomic E-state index is 11.7. The smallest absolute Gasteiger partial charge is 0.152 e. The average molecular weight is 543 g/mol. The van der Waals surface area contributed by atoms with Crippen LogP contribution in [-0.4, -0.2) is 87.0 Å². The minimum atomic E-state index is -2.87. The molecule has 2 aliphatic heterocycles. The lowest BCUT2D eigenvalue weighted by Crippen LogP contribution is -2.62. The van der Waals surface area contributed by atoms with Crippen molar-refractivity contribution in [3.05, 3.63) is 41.3 Å². The lowest BCUT2D eigenvalue weighted by Gasteiger charge is -2.47. The number of aromatic amines is 1. The summed E-state index contributed by atoms with van der Waals surface area (Å²) in [4.78, 5) is 14.0. The van der Waals surface area contributed by atoms with E-state index < -0.39 is 9.84 Å². The zero-order chi connectivity index (χ0) is 23.4. The maximum atomic E-state index is 11.7. The number of aryl methyl sites for hydroxylation is 1. The molecule has 0 saturated carbocycles. The number of sulfone groups is 1. The summed E-state index contributed by atoms with van der Waals surface area (Å²) in [5.41, 5.74) is 4.17. The Kier molecular flexibility index (Phi) is 5.19. The number of nitrogens with one attached hydrogen (secondary N) is 1. The van der Waals surface area contributed by atoms with Gasteiger partial charge in [-0.3, -0.25) is 19.7 Å². The van der Waals surface area contributed by atoms with Gasteiger partial charge in [-0.15, -0.1) is 0 Å². The summed E-state index contributed by atoms with van der Waals surface area (Å²) in [6.07, 6.45) is 5.51. The Morgan fingerprint density at radius 2 is 1.91 bits per heavy atom. The zero-order valence-corrected chi connectivity index (χ0v) is 20.9. The summed E-state index contributed by atoms with van der Waals surface area (Å²) < 4.78 is 26.1. The predicted molar refractivity (Wildman–Crippen MR) is 133 cm³/mol. The minimum Gasteiger partial charge on any atom is -0.352 e. The van der Waals surface area contributed by atoms with E-state index in [1.165, 1.54) is 0 Å². The van der Waals surface area contributed by atoms with Crippen molar-refractivity contribution in [2.45, 2.75) is 6.04 Å². The Morgan fingerprint density at radius 3 is 2.65 bits per heavy atom. The molecule has 2 saturated heterocycles. The highest BCUT2D eigenvalue weighted by Gasteiger charge is 2.36. The van der Waals surface area contributed by atoms with Crippen LogP contribution in [0.3, 0.4) is 0 Å². The third-order valence-electron chi connectivity index (χ3n) is 6.58. The van der Waals surface area contributed by atoms with E-state index >= 15 is 0 Å². The Balaban J connectivity index is 1.26. The molecule has 4 aromatic heterocycles. The third kappa shape index (κ3) is 3.89. The monoisotopic (exact) mass is 542 g/mol. The van der Waals surface area contributed by atoms with Gasteiger partial charge < -0.3 is 4.90 Å². The summed E-state index contributed by atoms with van der Waals surface area (Å²) in [6, 6.07) is 6.33. The van der Waals surface area contributed by atoms with Crippen molar-refractivity contribution in [2.24, 2.45) is 7.05 Å². The van der Waals surface area contributed by atoms with Gasteiger partial charge in [-0.2, -0.15) is 10.2 Å². The molecule has 6 rings (SSSR count). The van der Waals surface area contributed by atoms with E-state index in [2.05, 4.69) is 46.0 Å². The molecule has 2 aliphatic rings. The third-order valence-corrected chi connectivity index (χ3v) is 8.80. The molecule has 2 fully saturated rings.